The van der Waals surface area contributed by atoms with Crippen LogP contribution in [0, 0.1) is 11.8 Å². The van der Waals surface area contributed by atoms with Crippen LogP contribution >= 0.6 is 0 Å². The number of benzene rings is 2. The van der Waals surface area contributed by atoms with Gasteiger partial charge in [-0.1, -0.05) is 24.3 Å². The number of likely N-dealkylation sites (N-methyl/N-ethyl adjacent to an activating group) is 1. The number of primary amides is 1. The summed E-state index contributed by atoms with van der Waals surface area (Å²) in [4.78, 5) is 40.8. The van der Waals surface area contributed by atoms with E-state index in [1.165, 1.54) is 11.0 Å². The van der Waals surface area contributed by atoms with E-state index < -0.39 is 58.0 Å². The van der Waals surface area contributed by atoms with Gasteiger partial charge in [-0.3, -0.25) is 19.3 Å². The lowest BCUT2D eigenvalue weighted by atomic mass is 9.57. The summed E-state index contributed by atoms with van der Waals surface area (Å²) in [5.74, 6) is -6.19. The number of carbonyl (C=O) groups excluding carboxylic acids is 3. The number of carbonyl (C=O) groups is 3. The summed E-state index contributed by atoms with van der Waals surface area (Å²) in [6, 6.07) is 9.33. The molecule has 3 aliphatic carbocycles. The lowest BCUT2D eigenvalue weighted by Gasteiger charge is -2.50. The van der Waals surface area contributed by atoms with Crippen molar-refractivity contribution in [1.82, 2.24) is 4.90 Å². The van der Waals surface area contributed by atoms with Crippen LogP contribution in [0.1, 0.15) is 24.5 Å². The van der Waals surface area contributed by atoms with Gasteiger partial charge >= 0.3 is 0 Å². The number of nitrogens with two attached hydrogens (primary N) is 1. The van der Waals surface area contributed by atoms with Gasteiger partial charge < -0.3 is 30.9 Å². The predicted molar refractivity (Wildman–Crippen MR) is 141 cm³/mol. The number of rotatable bonds is 5. The molecule has 204 valence electrons. The fraction of sp³-hybridized carbons (Fsp3) is 0.345. The normalized spacial score (nSPS) is 26.3. The first-order chi connectivity index (χ1) is 18.4. The van der Waals surface area contributed by atoms with Gasteiger partial charge in [-0.2, -0.15) is 0 Å². The van der Waals surface area contributed by atoms with Crippen LogP contribution < -0.4 is 10.5 Å². The Balaban J connectivity index is 1.74. The minimum Gasteiger partial charge on any atom is -0.508 e. The van der Waals surface area contributed by atoms with E-state index in [2.05, 4.69) is 0 Å². The largest absolute Gasteiger partial charge is 0.508 e. The molecule has 5 rings (SSSR count). The van der Waals surface area contributed by atoms with E-state index in [9.17, 15) is 34.8 Å². The van der Waals surface area contributed by atoms with Gasteiger partial charge in [0.2, 0.25) is 5.78 Å². The van der Waals surface area contributed by atoms with Gasteiger partial charge in [-0.25, -0.2) is 0 Å². The van der Waals surface area contributed by atoms with Gasteiger partial charge in [0.25, 0.3) is 5.91 Å². The number of nitrogens with zero attached hydrogens (tertiary/aromatic N) is 1. The molecule has 0 aliphatic heterocycles. The van der Waals surface area contributed by atoms with Crippen LogP contribution in [-0.4, -0.2) is 75.1 Å². The molecule has 10 nitrogen and oxygen atoms in total. The molecule has 10 heteroatoms. The lowest BCUT2D eigenvalue weighted by Crippen LogP contribution is -2.65. The Labute approximate surface area is 224 Å². The minimum absolute atomic E-state index is 0.0218. The molecular formula is C29H30N2O8. The van der Waals surface area contributed by atoms with Gasteiger partial charge in [0.1, 0.15) is 28.6 Å². The number of amides is 1. The van der Waals surface area contributed by atoms with Crippen molar-refractivity contribution < 1.29 is 39.5 Å². The molecule has 6 N–H and O–H groups in total. The summed E-state index contributed by atoms with van der Waals surface area (Å²) in [7, 11) is 3.13. The van der Waals surface area contributed by atoms with Crippen LogP contribution in [0.2, 0.25) is 0 Å². The molecule has 0 heterocycles. The molecule has 39 heavy (non-hydrogen) atoms. The summed E-state index contributed by atoms with van der Waals surface area (Å²) in [6.07, 6.45) is 0.215. The first kappa shape index (κ1) is 26.5. The van der Waals surface area contributed by atoms with Crippen LogP contribution in [-0.2, 0) is 20.8 Å². The van der Waals surface area contributed by atoms with E-state index in [1.54, 1.807) is 20.2 Å². The maximum atomic E-state index is 13.9. The Kier molecular flexibility index (Phi) is 6.27. The molecule has 1 saturated carbocycles. The number of phenols is 1. The molecule has 0 bridgehead atoms. The van der Waals surface area contributed by atoms with E-state index in [0.29, 0.717) is 23.5 Å². The van der Waals surface area contributed by atoms with Crippen LogP contribution in [0.5, 0.6) is 11.5 Å². The number of Topliss-reactive ketones (excluding diaryl/α,β-unsaturated/α-hetero) is 2. The van der Waals surface area contributed by atoms with Crippen molar-refractivity contribution in [2.24, 2.45) is 17.6 Å². The summed E-state index contributed by atoms with van der Waals surface area (Å²) in [5, 5.41) is 44.9. The number of ketones is 2. The molecule has 3 aliphatic rings. The number of phenolic OH excluding ortho intramolecular Hbond substituents is 1. The topological polar surface area (TPSA) is 171 Å². The Bertz CT molecular complexity index is 1490. The molecule has 4 unspecified atom stereocenters. The van der Waals surface area contributed by atoms with Gasteiger partial charge in [-0.15, -0.1) is 0 Å². The number of aliphatic hydroxyl groups excluding tert-OH is 2. The number of ether oxygens (including phenoxy) is 1. The highest BCUT2D eigenvalue weighted by Crippen LogP contribution is 2.54. The number of hydrogen-bond donors (Lipinski definition) is 5. The molecule has 1 fully saturated rings. The second-order valence-corrected chi connectivity index (χ2v) is 10.4. The smallest absolute Gasteiger partial charge is 0.255 e. The Morgan fingerprint density at radius 3 is 2.44 bits per heavy atom. The van der Waals surface area contributed by atoms with Crippen molar-refractivity contribution in [3.63, 3.8) is 0 Å². The summed E-state index contributed by atoms with van der Waals surface area (Å²) in [6.45, 7) is 2.28. The third kappa shape index (κ3) is 3.66. The third-order valence-electron chi connectivity index (χ3n) is 8.08. The Morgan fingerprint density at radius 2 is 1.79 bits per heavy atom. The molecule has 2 aromatic carbocycles. The fourth-order valence-electron chi connectivity index (χ4n) is 6.47. The molecule has 0 aromatic heterocycles. The monoisotopic (exact) mass is 534 g/mol. The molecular weight excluding hydrogens is 504 g/mol. The van der Waals surface area contributed by atoms with Crippen LogP contribution in [0.15, 0.2) is 53.3 Å². The van der Waals surface area contributed by atoms with E-state index in [-0.39, 0.29) is 29.7 Å². The maximum absolute atomic E-state index is 13.9. The average Bonchev–Trinajstić information content (AvgIpc) is 2.87. The van der Waals surface area contributed by atoms with Crippen LogP contribution in [0.4, 0.5) is 0 Å². The van der Waals surface area contributed by atoms with Crippen molar-refractivity contribution in [3.8, 4) is 22.6 Å². The van der Waals surface area contributed by atoms with Crippen molar-refractivity contribution >= 4 is 23.2 Å². The average molecular weight is 535 g/mol. The van der Waals surface area contributed by atoms with Gasteiger partial charge in [0.05, 0.1) is 18.2 Å². The zero-order valence-electron chi connectivity index (χ0n) is 21.8. The molecule has 1 amide bonds. The highest BCUT2D eigenvalue weighted by Gasteiger charge is 2.64. The summed E-state index contributed by atoms with van der Waals surface area (Å²) < 4.78 is 5.80. The first-order valence-corrected chi connectivity index (χ1v) is 12.7. The minimum atomic E-state index is -2.67. The number of aliphatic hydroxyl groups is 3. The highest BCUT2D eigenvalue weighted by atomic mass is 16.5. The van der Waals surface area contributed by atoms with E-state index in [1.807, 2.05) is 31.2 Å². The van der Waals surface area contributed by atoms with Crippen LogP contribution in [0.25, 0.3) is 16.9 Å². The molecule has 0 saturated heterocycles. The zero-order valence-corrected chi connectivity index (χ0v) is 21.8. The number of fused-ring (bicyclic) bond motifs is 3. The quantitative estimate of drug-likeness (QED) is 0.360. The van der Waals surface area contributed by atoms with Crippen molar-refractivity contribution in [3.05, 3.63) is 64.4 Å². The van der Waals surface area contributed by atoms with Crippen LogP contribution in [0.3, 0.4) is 0 Å². The SMILES string of the molecule is CCOc1ccccc1-c1ccc(O)c2c1CC1CC3C(N(C)C)C(=O)C(C(N)=O)=C(O)C3(O)C(=O)C1=C2O. The number of para-hydroxylation sites is 1. The van der Waals surface area contributed by atoms with Gasteiger partial charge in [0.15, 0.2) is 11.4 Å². The number of hydrogen-bond acceptors (Lipinski definition) is 9. The van der Waals surface area contributed by atoms with Gasteiger partial charge in [0, 0.05) is 17.1 Å². The second kappa shape index (κ2) is 9.25. The lowest BCUT2D eigenvalue weighted by molar-refractivity contribution is -0.153. The predicted octanol–water partition coefficient (Wildman–Crippen LogP) is 2.03. The van der Waals surface area contributed by atoms with E-state index >= 15 is 0 Å². The second-order valence-electron chi connectivity index (χ2n) is 10.4. The number of aromatic hydroxyl groups is 1. The van der Waals surface area contributed by atoms with Gasteiger partial charge in [-0.05, 0) is 63.0 Å². The van der Waals surface area contributed by atoms with Crippen molar-refractivity contribution in [2.45, 2.75) is 31.4 Å². The summed E-state index contributed by atoms with van der Waals surface area (Å²) >= 11 is 0. The Hall–Kier alpha value is -4.15. The highest BCUT2D eigenvalue weighted by molar-refractivity contribution is 6.24. The fourth-order valence-corrected chi connectivity index (χ4v) is 6.47. The van der Waals surface area contributed by atoms with Crippen molar-refractivity contribution in [1.29, 1.82) is 0 Å². The standard InChI is InChI=1S/C29H30N2O8/c1-4-39-19-8-6-5-7-15(19)14-9-10-18(32)21-16(14)11-13-12-17-23(31(2)3)25(34)22(28(30)37)27(36)29(17,38)26(35)20(13)24(21)33/h5-10,13,17,23,32-33,36,38H,4,11-12H2,1-3H3,(H2,30,37). The molecule has 4 atom stereocenters. The zero-order chi connectivity index (χ0) is 28.4. The molecule has 2 aromatic rings. The molecule has 0 radical (unpaired) electrons. The Morgan fingerprint density at radius 1 is 1.10 bits per heavy atom. The maximum Gasteiger partial charge on any atom is 0.255 e. The molecule has 0 spiro atoms. The van der Waals surface area contributed by atoms with Crippen molar-refractivity contribution in [2.75, 3.05) is 20.7 Å². The first-order valence-electron chi connectivity index (χ1n) is 12.7. The summed E-state index contributed by atoms with van der Waals surface area (Å²) in [5.41, 5.74) is 3.70. The van der Waals surface area contributed by atoms with E-state index in [0.717, 1.165) is 5.56 Å². The van der Waals surface area contributed by atoms with E-state index in [4.69, 9.17) is 10.5 Å². The third-order valence-corrected chi connectivity index (χ3v) is 8.08.